The summed E-state index contributed by atoms with van der Waals surface area (Å²) in [5, 5.41) is 3.96. The van der Waals surface area contributed by atoms with Crippen LogP contribution in [0.25, 0.3) is 11.0 Å². The van der Waals surface area contributed by atoms with Gasteiger partial charge in [0.1, 0.15) is 17.9 Å². The molecule has 1 fully saturated rings. The molecule has 0 spiro atoms. The molecule has 1 saturated heterocycles. The summed E-state index contributed by atoms with van der Waals surface area (Å²) in [5.41, 5.74) is 4.02. The molecule has 1 amide bonds. The van der Waals surface area contributed by atoms with Crippen LogP contribution in [0.1, 0.15) is 46.5 Å². The number of piperidine rings is 1. The van der Waals surface area contributed by atoms with Gasteiger partial charge in [0.25, 0.3) is 5.91 Å². The average molecular weight is 394 g/mol. The van der Waals surface area contributed by atoms with E-state index < -0.39 is 0 Å². The van der Waals surface area contributed by atoms with E-state index in [1.807, 2.05) is 31.2 Å². The summed E-state index contributed by atoms with van der Waals surface area (Å²) in [6, 6.07) is 14.0. The van der Waals surface area contributed by atoms with Crippen LogP contribution in [-0.4, -0.2) is 26.1 Å². The zero-order chi connectivity index (χ0) is 20.2. The molecule has 2 heterocycles. The molecule has 0 radical (unpaired) electrons. The Morgan fingerprint density at radius 1 is 1.10 bits per heavy atom. The van der Waals surface area contributed by atoms with Gasteiger partial charge in [-0.1, -0.05) is 24.3 Å². The predicted molar refractivity (Wildman–Crippen MR) is 113 cm³/mol. The van der Waals surface area contributed by atoms with E-state index in [0.29, 0.717) is 17.9 Å². The topological polar surface area (TPSA) is 55.9 Å². The van der Waals surface area contributed by atoms with Gasteiger partial charge in [-0.05, 0) is 49.9 Å². The molecule has 0 unspecified atom stereocenters. The Balaban J connectivity index is 1.47. The van der Waals surface area contributed by atoms with Gasteiger partial charge < -0.3 is 19.4 Å². The first kappa shape index (κ1) is 19.5. The van der Waals surface area contributed by atoms with Gasteiger partial charge in [-0.3, -0.25) is 4.79 Å². The number of nitrogens with one attached hydrogen (secondary N) is 2. The second-order valence-electron chi connectivity index (χ2n) is 7.86. The minimum absolute atomic E-state index is 0.183. The minimum atomic E-state index is -0.183. The van der Waals surface area contributed by atoms with Gasteiger partial charge >= 0.3 is 0 Å². The molecule has 0 aliphatic carbocycles. The van der Waals surface area contributed by atoms with Crippen LogP contribution in [0.4, 0.5) is 0 Å². The zero-order valence-electron chi connectivity index (χ0n) is 17.2. The lowest BCUT2D eigenvalue weighted by Gasteiger charge is -2.24. The summed E-state index contributed by atoms with van der Waals surface area (Å²) < 4.78 is 11.1. The number of hydrogen-bond acceptors (Lipinski definition) is 3. The molecule has 29 heavy (non-hydrogen) atoms. The van der Waals surface area contributed by atoms with E-state index in [0.717, 1.165) is 23.2 Å². The van der Waals surface area contributed by atoms with E-state index in [9.17, 15) is 4.79 Å². The normalized spacial score (nSPS) is 14.8. The third-order valence-corrected chi connectivity index (χ3v) is 5.91. The number of furan rings is 1. The molecule has 0 saturated carbocycles. The van der Waals surface area contributed by atoms with Crippen molar-refractivity contribution in [2.24, 2.45) is 0 Å². The van der Waals surface area contributed by atoms with Crippen LogP contribution in [-0.2, 0) is 13.1 Å². The molecule has 2 N–H and O–H groups in total. The fraction of sp³-hybridized carbons (Fsp3) is 0.375. The maximum Gasteiger partial charge on any atom is 0.287 e. The van der Waals surface area contributed by atoms with E-state index in [1.54, 1.807) is 12.0 Å². The number of aryl methyl sites for hydroxylation is 1. The monoisotopic (exact) mass is 393 g/mol. The molecule has 152 valence electrons. The summed E-state index contributed by atoms with van der Waals surface area (Å²) in [4.78, 5) is 14.5. The lowest BCUT2D eigenvalue weighted by atomic mass is 10.0. The molecule has 1 aliphatic heterocycles. The number of quaternary nitrogens is 1. The van der Waals surface area contributed by atoms with Crippen molar-refractivity contribution in [1.82, 2.24) is 5.32 Å². The summed E-state index contributed by atoms with van der Waals surface area (Å²) >= 11 is 0. The van der Waals surface area contributed by atoms with Crippen LogP contribution in [0, 0.1) is 6.92 Å². The fourth-order valence-corrected chi connectivity index (χ4v) is 4.20. The first-order valence-corrected chi connectivity index (χ1v) is 10.4. The smallest absolute Gasteiger partial charge is 0.287 e. The standard InChI is InChI=1S/C24H28N2O3/c1-17-21-14-20(28-2)10-11-22(21)29-23(17)24(27)25-15-18-8-4-5-9-19(18)16-26-12-6-3-7-13-26/h4-5,8-11,14H,3,6-7,12-13,15-16H2,1-2H3,(H,25,27)/p+1. The highest BCUT2D eigenvalue weighted by atomic mass is 16.5. The Bertz CT molecular complexity index is 1000. The highest BCUT2D eigenvalue weighted by Gasteiger charge is 2.19. The molecular formula is C24H29N2O3+. The number of ether oxygens (including phenoxy) is 1. The predicted octanol–water partition coefficient (Wildman–Crippen LogP) is 3.25. The quantitative estimate of drug-likeness (QED) is 0.676. The van der Waals surface area contributed by atoms with Gasteiger partial charge in [-0.15, -0.1) is 0 Å². The fourth-order valence-electron chi connectivity index (χ4n) is 4.20. The van der Waals surface area contributed by atoms with Crippen molar-refractivity contribution in [3.05, 3.63) is 64.9 Å². The van der Waals surface area contributed by atoms with Gasteiger partial charge in [0, 0.05) is 23.1 Å². The van der Waals surface area contributed by atoms with Crippen LogP contribution in [0.2, 0.25) is 0 Å². The molecule has 4 rings (SSSR count). The largest absolute Gasteiger partial charge is 0.497 e. The summed E-state index contributed by atoms with van der Waals surface area (Å²) in [6.07, 6.45) is 3.97. The van der Waals surface area contributed by atoms with Crippen molar-refractivity contribution < 1.29 is 18.8 Å². The van der Waals surface area contributed by atoms with Gasteiger partial charge in [0.2, 0.25) is 0 Å². The van der Waals surface area contributed by atoms with Crippen LogP contribution < -0.4 is 15.0 Å². The van der Waals surface area contributed by atoms with Crippen molar-refractivity contribution in [3.63, 3.8) is 0 Å². The first-order chi connectivity index (χ1) is 14.2. The second-order valence-corrected chi connectivity index (χ2v) is 7.86. The Morgan fingerprint density at radius 2 is 1.86 bits per heavy atom. The highest BCUT2D eigenvalue weighted by Crippen LogP contribution is 2.28. The molecule has 3 aromatic rings. The van der Waals surface area contributed by atoms with Gasteiger partial charge in [-0.25, -0.2) is 0 Å². The maximum atomic E-state index is 12.8. The second kappa shape index (κ2) is 8.70. The number of amides is 1. The van der Waals surface area contributed by atoms with E-state index in [-0.39, 0.29) is 5.91 Å². The lowest BCUT2D eigenvalue weighted by molar-refractivity contribution is -0.918. The van der Waals surface area contributed by atoms with E-state index in [4.69, 9.17) is 9.15 Å². The third kappa shape index (κ3) is 4.30. The van der Waals surface area contributed by atoms with Crippen molar-refractivity contribution >= 4 is 16.9 Å². The molecule has 1 aliphatic rings. The first-order valence-electron chi connectivity index (χ1n) is 10.4. The zero-order valence-corrected chi connectivity index (χ0v) is 17.2. The third-order valence-electron chi connectivity index (χ3n) is 5.91. The molecule has 2 aromatic carbocycles. The van der Waals surface area contributed by atoms with Crippen LogP contribution in [0.15, 0.2) is 46.9 Å². The van der Waals surface area contributed by atoms with E-state index in [2.05, 4.69) is 23.5 Å². The minimum Gasteiger partial charge on any atom is -0.497 e. The Morgan fingerprint density at radius 3 is 2.62 bits per heavy atom. The number of carbonyl (C=O) groups excluding carboxylic acids is 1. The summed E-state index contributed by atoms with van der Waals surface area (Å²) in [5.74, 6) is 0.938. The van der Waals surface area contributed by atoms with E-state index >= 15 is 0 Å². The lowest BCUT2D eigenvalue weighted by Crippen LogP contribution is -3.11. The van der Waals surface area contributed by atoms with Gasteiger partial charge in [0.05, 0.1) is 20.2 Å². The molecule has 5 nitrogen and oxygen atoms in total. The number of rotatable bonds is 6. The summed E-state index contributed by atoms with van der Waals surface area (Å²) in [7, 11) is 1.63. The number of fused-ring (bicyclic) bond motifs is 1. The van der Waals surface area contributed by atoms with Crippen LogP contribution in [0.5, 0.6) is 5.75 Å². The molecular weight excluding hydrogens is 364 g/mol. The molecule has 0 atom stereocenters. The number of carbonyl (C=O) groups is 1. The van der Waals surface area contributed by atoms with E-state index in [1.165, 1.54) is 43.5 Å². The van der Waals surface area contributed by atoms with Crippen molar-refractivity contribution in [2.75, 3.05) is 20.2 Å². The van der Waals surface area contributed by atoms with Gasteiger partial charge in [0.15, 0.2) is 5.76 Å². The molecule has 0 bridgehead atoms. The Kier molecular flexibility index (Phi) is 5.86. The summed E-state index contributed by atoms with van der Waals surface area (Å²) in [6.45, 7) is 5.91. The van der Waals surface area contributed by atoms with Crippen molar-refractivity contribution in [2.45, 2.75) is 39.3 Å². The number of methoxy groups -OCH3 is 1. The SMILES string of the molecule is COc1ccc2oc(C(=O)NCc3ccccc3C[NH+]3CCCCC3)c(C)c2c1. The number of hydrogen-bond donors (Lipinski definition) is 2. The Hall–Kier alpha value is -2.79. The molecule has 1 aromatic heterocycles. The Labute approximate surface area is 171 Å². The molecule has 5 heteroatoms. The number of benzene rings is 2. The van der Waals surface area contributed by atoms with Crippen molar-refractivity contribution in [3.8, 4) is 5.75 Å². The highest BCUT2D eigenvalue weighted by molar-refractivity contribution is 5.99. The van der Waals surface area contributed by atoms with Crippen LogP contribution >= 0.6 is 0 Å². The van der Waals surface area contributed by atoms with Gasteiger partial charge in [-0.2, -0.15) is 0 Å². The number of likely N-dealkylation sites (tertiary alicyclic amines) is 1. The maximum absolute atomic E-state index is 12.8. The van der Waals surface area contributed by atoms with Crippen molar-refractivity contribution in [1.29, 1.82) is 0 Å². The average Bonchev–Trinajstić information content (AvgIpc) is 3.09. The van der Waals surface area contributed by atoms with Crippen LogP contribution in [0.3, 0.4) is 0 Å².